The lowest BCUT2D eigenvalue weighted by molar-refractivity contribution is 0.581. The Balaban J connectivity index is 2.10. The molecule has 1 atom stereocenters. The summed E-state index contributed by atoms with van der Waals surface area (Å²) in [5, 5.41) is 0.847. The standard InChI is InChI=1S/C17H19Cl2NO2S/c1-3-12(2)14-5-7-15(8-6-14)23(21,22)20-11-13-4-9-16(18)17(19)10-13/h4-10,12,20H,3,11H2,1-2H3. The summed E-state index contributed by atoms with van der Waals surface area (Å²) in [6.45, 7) is 4.38. The highest BCUT2D eigenvalue weighted by molar-refractivity contribution is 7.89. The van der Waals surface area contributed by atoms with Crippen molar-refractivity contribution in [1.82, 2.24) is 4.72 Å². The number of hydrogen-bond acceptors (Lipinski definition) is 2. The first-order valence-corrected chi connectivity index (χ1v) is 9.61. The third-order valence-electron chi connectivity index (χ3n) is 3.82. The van der Waals surface area contributed by atoms with E-state index in [1.807, 2.05) is 12.1 Å². The molecule has 0 aliphatic rings. The molecule has 124 valence electrons. The van der Waals surface area contributed by atoms with Gasteiger partial charge in [0.05, 0.1) is 14.9 Å². The first-order chi connectivity index (χ1) is 10.8. The van der Waals surface area contributed by atoms with Crippen molar-refractivity contribution in [3.8, 4) is 0 Å². The molecule has 0 heterocycles. The Hall–Kier alpha value is -1.07. The Morgan fingerprint density at radius 2 is 1.70 bits per heavy atom. The van der Waals surface area contributed by atoms with Crippen molar-refractivity contribution in [2.45, 2.75) is 37.6 Å². The lowest BCUT2D eigenvalue weighted by atomic mass is 9.99. The Labute approximate surface area is 147 Å². The van der Waals surface area contributed by atoms with E-state index in [0.29, 0.717) is 16.0 Å². The van der Waals surface area contributed by atoms with Crippen molar-refractivity contribution in [1.29, 1.82) is 0 Å². The third kappa shape index (κ3) is 4.70. The molecule has 0 bridgehead atoms. The molecule has 23 heavy (non-hydrogen) atoms. The smallest absolute Gasteiger partial charge is 0.207 e. The van der Waals surface area contributed by atoms with Crippen LogP contribution in [0.1, 0.15) is 37.3 Å². The van der Waals surface area contributed by atoms with Gasteiger partial charge < -0.3 is 0 Å². The molecule has 2 aromatic rings. The molecule has 1 N–H and O–H groups in total. The van der Waals surface area contributed by atoms with E-state index < -0.39 is 10.0 Å². The van der Waals surface area contributed by atoms with Gasteiger partial charge in [-0.05, 0) is 47.7 Å². The quantitative estimate of drug-likeness (QED) is 0.777. The van der Waals surface area contributed by atoms with Gasteiger partial charge in [0.2, 0.25) is 10.0 Å². The van der Waals surface area contributed by atoms with Gasteiger partial charge in [-0.2, -0.15) is 0 Å². The molecule has 0 aliphatic carbocycles. The van der Waals surface area contributed by atoms with E-state index in [2.05, 4.69) is 18.6 Å². The van der Waals surface area contributed by atoms with Gasteiger partial charge in [0.15, 0.2) is 0 Å². The van der Waals surface area contributed by atoms with Crippen LogP contribution in [0, 0.1) is 0 Å². The van der Waals surface area contributed by atoms with Crippen molar-refractivity contribution in [3.63, 3.8) is 0 Å². The minimum atomic E-state index is -3.56. The zero-order chi connectivity index (χ0) is 17.0. The highest BCUT2D eigenvalue weighted by atomic mass is 35.5. The molecule has 1 unspecified atom stereocenters. The number of benzene rings is 2. The maximum Gasteiger partial charge on any atom is 0.240 e. The van der Waals surface area contributed by atoms with E-state index in [0.717, 1.165) is 17.5 Å². The molecule has 0 aliphatic heterocycles. The maximum atomic E-state index is 12.3. The van der Waals surface area contributed by atoms with Crippen molar-refractivity contribution in [3.05, 3.63) is 63.6 Å². The average Bonchev–Trinajstić information content (AvgIpc) is 2.55. The largest absolute Gasteiger partial charge is 0.240 e. The van der Waals surface area contributed by atoms with Crippen LogP contribution in [0.15, 0.2) is 47.4 Å². The van der Waals surface area contributed by atoms with Crippen LogP contribution in [-0.2, 0) is 16.6 Å². The zero-order valence-electron chi connectivity index (χ0n) is 13.0. The summed E-state index contributed by atoms with van der Waals surface area (Å²) in [5.41, 5.74) is 1.88. The van der Waals surface area contributed by atoms with Crippen molar-refractivity contribution < 1.29 is 8.42 Å². The fourth-order valence-electron chi connectivity index (χ4n) is 2.12. The molecular weight excluding hydrogens is 353 g/mol. The molecule has 0 radical (unpaired) electrons. The van der Waals surface area contributed by atoms with Crippen LogP contribution < -0.4 is 4.72 Å². The Kier molecular flexibility index (Phi) is 6.09. The SMILES string of the molecule is CCC(C)c1ccc(S(=O)(=O)NCc2ccc(Cl)c(Cl)c2)cc1. The van der Waals surface area contributed by atoms with E-state index in [1.165, 1.54) is 0 Å². The van der Waals surface area contributed by atoms with Gasteiger partial charge in [-0.15, -0.1) is 0 Å². The average molecular weight is 372 g/mol. The lowest BCUT2D eigenvalue weighted by Crippen LogP contribution is -2.23. The third-order valence-corrected chi connectivity index (χ3v) is 5.98. The Bertz CT molecular complexity index is 774. The minimum Gasteiger partial charge on any atom is -0.207 e. The molecule has 0 fully saturated rings. The van der Waals surface area contributed by atoms with Gasteiger partial charge in [0.25, 0.3) is 0 Å². The first kappa shape index (κ1) is 18.3. The summed E-state index contributed by atoms with van der Waals surface area (Å²) in [6.07, 6.45) is 1.02. The van der Waals surface area contributed by atoms with Gasteiger partial charge in [-0.3, -0.25) is 0 Å². The van der Waals surface area contributed by atoms with Crippen molar-refractivity contribution >= 4 is 33.2 Å². The molecule has 0 amide bonds. The van der Waals surface area contributed by atoms with Crippen LogP contribution in [0.5, 0.6) is 0 Å². The Morgan fingerprint density at radius 3 is 2.26 bits per heavy atom. The molecule has 2 rings (SSSR count). The monoisotopic (exact) mass is 371 g/mol. The number of halogens is 2. The number of hydrogen-bond donors (Lipinski definition) is 1. The lowest BCUT2D eigenvalue weighted by Gasteiger charge is -2.11. The first-order valence-electron chi connectivity index (χ1n) is 7.37. The number of nitrogens with one attached hydrogen (secondary N) is 1. The highest BCUT2D eigenvalue weighted by Gasteiger charge is 2.14. The minimum absolute atomic E-state index is 0.159. The summed E-state index contributed by atoms with van der Waals surface area (Å²) in [6, 6.07) is 12.0. The number of sulfonamides is 1. The maximum absolute atomic E-state index is 12.3. The molecule has 0 saturated heterocycles. The molecule has 0 aromatic heterocycles. The summed E-state index contributed by atoms with van der Waals surface area (Å²) in [4.78, 5) is 0.254. The van der Waals surface area contributed by atoms with E-state index in [9.17, 15) is 8.42 Å². The van der Waals surface area contributed by atoms with Gasteiger partial charge in [0, 0.05) is 6.54 Å². The summed E-state index contributed by atoms with van der Waals surface area (Å²) >= 11 is 11.8. The molecule has 0 saturated carbocycles. The Morgan fingerprint density at radius 1 is 1.04 bits per heavy atom. The number of rotatable bonds is 6. The molecule has 0 spiro atoms. The van der Waals surface area contributed by atoms with Crippen LogP contribution in [0.2, 0.25) is 10.0 Å². The van der Waals surface area contributed by atoms with Crippen LogP contribution in [0.4, 0.5) is 0 Å². The molecule has 6 heteroatoms. The second kappa shape index (κ2) is 7.67. The van der Waals surface area contributed by atoms with E-state index in [-0.39, 0.29) is 11.4 Å². The van der Waals surface area contributed by atoms with Crippen molar-refractivity contribution in [2.75, 3.05) is 0 Å². The molecular formula is C17H19Cl2NO2S. The van der Waals surface area contributed by atoms with Gasteiger partial charge in [0.1, 0.15) is 0 Å². The van der Waals surface area contributed by atoms with Crippen LogP contribution in [-0.4, -0.2) is 8.42 Å². The summed E-state index contributed by atoms with van der Waals surface area (Å²) in [7, 11) is -3.56. The molecule has 2 aromatic carbocycles. The second-order valence-corrected chi connectivity index (χ2v) is 8.03. The van der Waals surface area contributed by atoms with E-state index in [1.54, 1.807) is 30.3 Å². The van der Waals surface area contributed by atoms with E-state index >= 15 is 0 Å². The summed E-state index contributed by atoms with van der Waals surface area (Å²) in [5.74, 6) is 0.413. The normalized spacial score (nSPS) is 13.0. The van der Waals surface area contributed by atoms with Gasteiger partial charge >= 0.3 is 0 Å². The fraction of sp³-hybridized carbons (Fsp3) is 0.294. The fourth-order valence-corrected chi connectivity index (χ4v) is 3.46. The topological polar surface area (TPSA) is 46.2 Å². The molecule has 3 nitrogen and oxygen atoms in total. The highest BCUT2D eigenvalue weighted by Crippen LogP contribution is 2.23. The van der Waals surface area contributed by atoms with Gasteiger partial charge in [-0.25, -0.2) is 13.1 Å². The second-order valence-electron chi connectivity index (χ2n) is 5.45. The van der Waals surface area contributed by atoms with Crippen LogP contribution >= 0.6 is 23.2 Å². The van der Waals surface area contributed by atoms with E-state index in [4.69, 9.17) is 23.2 Å². The predicted octanol–water partition coefficient (Wildman–Crippen LogP) is 4.99. The summed E-state index contributed by atoms with van der Waals surface area (Å²) < 4.78 is 27.2. The predicted molar refractivity (Wildman–Crippen MR) is 95.6 cm³/mol. The van der Waals surface area contributed by atoms with Gasteiger partial charge in [-0.1, -0.05) is 55.2 Å². The van der Waals surface area contributed by atoms with Crippen molar-refractivity contribution in [2.24, 2.45) is 0 Å². The van der Waals surface area contributed by atoms with Crippen LogP contribution in [0.25, 0.3) is 0 Å². The van der Waals surface area contributed by atoms with Crippen LogP contribution in [0.3, 0.4) is 0 Å². The zero-order valence-corrected chi connectivity index (χ0v) is 15.3.